The van der Waals surface area contributed by atoms with Gasteiger partial charge in [-0.25, -0.2) is 0 Å². The fourth-order valence-electron chi connectivity index (χ4n) is 8.88. The molecule has 0 aliphatic heterocycles. The van der Waals surface area contributed by atoms with E-state index >= 15 is 0 Å². The van der Waals surface area contributed by atoms with E-state index in [-0.39, 0.29) is 5.41 Å². The van der Waals surface area contributed by atoms with Crippen LogP contribution in [0.25, 0.3) is 44.5 Å². The average molecular weight is 771 g/mol. The van der Waals surface area contributed by atoms with Gasteiger partial charge in [0, 0.05) is 39.5 Å². The van der Waals surface area contributed by atoms with Crippen molar-refractivity contribution in [2.45, 2.75) is 26.2 Å². The number of anilines is 6. The molecule has 2 nitrogen and oxygen atoms in total. The third kappa shape index (κ3) is 6.86. The molecule has 60 heavy (non-hydrogen) atoms. The molecule has 10 rings (SSSR count). The Morgan fingerprint density at radius 2 is 0.567 bits per heavy atom. The molecule has 9 aromatic carbocycles. The lowest BCUT2D eigenvalue weighted by atomic mass is 9.82. The van der Waals surface area contributed by atoms with Gasteiger partial charge in [0.25, 0.3) is 0 Å². The second-order valence-electron chi connectivity index (χ2n) is 16.3. The first-order chi connectivity index (χ1) is 29.4. The Balaban J connectivity index is 0.996. The van der Waals surface area contributed by atoms with Crippen molar-refractivity contribution in [2.75, 3.05) is 9.80 Å². The fourth-order valence-corrected chi connectivity index (χ4v) is 8.88. The molecule has 1 aliphatic carbocycles. The van der Waals surface area contributed by atoms with Crippen LogP contribution in [0.4, 0.5) is 34.1 Å². The van der Waals surface area contributed by atoms with E-state index in [0.717, 1.165) is 34.1 Å². The summed E-state index contributed by atoms with van der Waals surface area (Å²) < 4.78 is 0. The molecule has 0 spiro atoms. The summed E-state index contributed by atoms with van der Waals surface area (Å²) in [5.41, 5.74) is 20.3. The summed E-state index contributed by atoms with van der Waals surface area (Å²) in [5.74, 6) is 0. The van der Waals surface area contributed by atoms with E-state index in [9.17, 15) is 0 Å². The number of para-hydroxylation sites is 1. The van der Waals surface area contributed by atoms with E-state index in [4.69, 9.17) is 0 Å². The molecule has 0 unspecified atom stereocenters. The molecule has 0 radical (unpaired) electrons. The minimum absolute atomic E-state index is 0.231. The minimum Gasteiger partial charge on any atom is -0.310 e. The van der Waals surface area contributed by atoms with Crippen LogP contribution in [-0.2, 0) is 5.41 Å². The maximum Gasteiger partial charge on any atom is 0.0465 e. The highest BCUT2D eigenvalue weighted by Gasteiger charge is 2.37. The van der Waals surface area contributed by atoms with Crippen LogP contribution in [0.15, 0.2) is 224 Å². The first-order valence-corrected chi connectivity index (χ1v) is 20.8. The number of hydrogen-bond donors (Lipinski definition) is 0. The Bertz CT molecular complexity index is 2900. The molecule has 0 amide bonds. The van der Waals surface area contributed by atoms with Gasteiger partial charge in [-0.2, -0.15) is 0 Å². The molecular weight excluding hydrogens is 725 g/mol. The Kier molecular flexibility index (Phi) is 9.47. The number of fused-ring (bicyclic) bond motifs is 3. The van der Waals surface area contributed by atoms with E-state index in [2.05, 4.69) is 255 Å². The summed E-state index contributed by atoms with van der Waals surface area (Å²) in [7, 11) is 0. The van der Waals surface area contributed by atoms with Crippen LogP contribution in [0, 0.1) is 6.92 Å². The van der Waals surface area contributed by atoms with E-state index in [1.54, 1.807) is 0 Å². The van der Waals surface area contributed by atoms with Gasteiger partial charge in [0.1, 0.15) is 0 Å². The standard InChI is InChI=1S/C58H46N2/c1-41-19-29-49(30-20-41)60(51-33-27-47(28-34-51)45-23-21-44(22-24-45)42-13-7-4-8-14-42)53-36-38-55-54-37-35-52(39-56(54)58(2,3)57(55)40-53)59(48-17-11-6-12-18-48)50-31-25-46(26-32-50)43-15-9-5-10-16-43/h4-40H,1-3H3. The third-order valence-electron chi connectivity index (χ3n) is 12.1. The zero-order chi connectivity index (χ0) is 40.6. The Morgan fingerprint density at radius 3 is 0.950 bits per heavy atom. The molecule has 9 aromatic rings. The molecule has 1 aliphatic rings. The highest BCUT2D eigenvalue weighted by molar-refractivity contribution is 5.89. The van der Waals surface area contributed by atoms with E-state index in [1.165, 1.54) is 61.2 Å². The van der Waals surface area contributed by atoms with Gasteiger partial charge < -0.3 is 9.80 Å². The van der Waals surface area contributed by atoms with Crippen LogP contribution in [0.3, 0.4) is 0 Å². The normalized spacial score (nSPS) is 12.4. The number of nitrogens with zero attached hydrogens (tertiary/aromatic N) is 2. The second kappa shape index (κ2) is 15.4. The topological polar surface area (TPSA) is 6.48 Å². The van der Waals surface area contributed by atoms with Gasteiger partial charge in [-0.15, -0.1) is 0 Å². The zero-order valence-electron chi connectivity index (χ0n) is 34.3. The van der Waals surface area contributed by atoms with Crippen LogP contribution in [-0.4, -0.2) is 0 Å². The van der Waals surface area contributed by atoms with E-state index in [1.807, 2.05) is 0 Å². The minimum atomic E-state index is -0.231. The zero-order valence-corrected chi connectivity index (χ0v) is 34.3. The SMILES string of the molecule is Cc1ccc(N(c2ccc(-c3ccc(-c4ccccc4)cc3)cc2)c2ccc3c(c2)C(C)(C)c2cc(N(c4ccccc4)c4ccc(-c5ccccc5)cc4)ccc2-3)cc1. The number of aryl methyl sites for hydroxylation is 1. The van der Waals surface area contributed by atoms with Crippen LogP contribution in [0.5, 0.6) is 0 Å². The molecule has 288 valence electrons. The molecule has 0 heterocycles. The fraction of sp³-hybridized carbons (Fsp3) is 0.0690. The van der Waals surface area contributed by atoms with Crippen molar-refractivity contribution in [2.24, 2.45) is 0 Å². The molecule has 0 N–H and O–H groups in total. The molecule has 0 atom stereocenters. The molecule has 0 saturated heterocycles. The van der Waals surface area contributed by atoms with Crippen molar-refractivity contribution in [1.82, 2.24) is 0 Å². The first kappa shape index (κ1) is 36.9. The van der Waals surface area contributed by atoms with Gasteiger partial charge in [-0.1, -0.05) is 171 Å². The summed E-state index contributed by atoms with van der Waals surface area (Å²) in [6.45, 7) is 6.90. The molecule has 0 aromatic heterocycles. The van der Waals surface area contributed by atoms with Crippen molar-refractivity contribution >= 4 is 34.1 Å². The molecule has 0 bridgehead atoms. The summed E-state index contributed by atoms with van der Waals surface area (Å²) in [6, 6.07) is 81.6. The van der Waals surface area contributed by atoms with Crippen LogP contribution in [0.1, 0.15) is 30.5 Å². The summed E-state index contributed by atoms with van der Waals surface area (Å²) in [6.07, 6.45) is 0. The van der Waals surface area contributed by atoms with Crippen LogP contribution in [0.2, 0.25) is 0 Å². The van der Waals surface area contributed by atoms with E-state index in [0.29, 0.717) is 0 Å². The highest BCUT2D eigenvalue weighted by atomic mass is 15.1. The maximum absolute atomic E-state index is 2.42. The predicted molar refractivity (Wildman–Crippen MR) is 254 cm³/mol. The number of hydrogen-bond acceptors (Lipinski definition) is 2. The van der Waals surface area contributed by atoms with Crippen molar-refractivity contribution in [1.29, 1.82) is 0 Å². The summed E-state index contributed by atoms with van der Waals surface area (Å²) in [4.78, 5) is 4.77. The molecule has 2 heteroatoms. The van der Waals surface area contributed by atoms with Crippen LogP contribution < -0.4 is 9.80 Å². The Hall–Kier alpha value is -7.42. The van der Waals surface area contributed by atoms with Gasteiger partial charge in [0.05, 0.1) is 0 Å². The number of rotatable bonds is 9. The van der Waals surface area contributed by atoms with Crippen molar-refractivity contribution in [3.63, 3.8) is 0 Å². The van der Waals surface area contributed by atoms with Gasteiger partial charge in [-0.05, 0) is 135 Å². The maximum atomic E-state index is 2.42. The van der Waals surface area contributed by atoms with Gasteiger partial charge in [0.15, 0.2) is 0 Å². The van der Waals surface area contributed by atoms with Crippen molar-refractivity contribution in [3.05, 3.63) is 241 Å². The van der Waals surface area contributed by atoms with E-state index < -0.39 is 0 Å². The second-order valence-corrected chi connectivity index (χ2v) is 16.3. The lowest BCUT2D eigenvalue weighted by Crippen LogP contribution is -2.17. The van der Waals surface area contributed by atoms with Crippen LogP contribution >= 0.6 is 0 Å². The van der Waals surface area contributed by atoms with Crippen molar-refractivity contribution in [3.8, 4) is 44.5 Å². The largest absolute Gasteiger partial charge is 0.310 e. The summed E-state index contributed by atoms with van der Waals surface area (Å²) in [5, 5.41) is 0. The Labute approximate surface area is 354 Å². The summed E-state index contributed by atoms with van der Waals surface area (Å²) >= 11 is 0. The van der Waals surface area contributed by atoms with Gasteiger partial charge >= 0.3 is 0 Å². The van der Waals surface area contributed by atoms with Gasteiger partial charge in [0.2, 0.25) is 0 Å². The highest BCUT2D eigenvalue weighted by Crippen LogP contribution is 2.52. The first-order valence-electron chi connectivity index (χ1n) is 20.8. The third-order valence-corrected chi connectivity index (χ3v) is 12.1. The number of benzene rings is 9. The predicted octanol–water partition coefficient (Wildman–Crippen LogP) is 16.2. The molecular formula is C58H46N2. The lowest BCUT2D eigenvalue weighted by molar-refractivity contribution is 0.660. The average Bonchev–Trinajstić information content (AvgIpc) is 3.53. The Morgan fingerprint density at radius 1 is 0.283 bits per heavy atom. The molecule has 0 saturated carbocycles. The van der Waals surface area contributed by atoms with Gasteiger partial charge in [-0.3, -0.25) is 0 Å². The molecule has 0 fully saturated rings. The monoisotopic (exact) mass is 770 g/mol. The smallest absolute Gasteiger partial charge is 0.0465 e. The van der Waals surface area contributed by atoms with Crippen molar-refractivity contribution < 1.29 is 0 Å². The lowest BCUT2D eigenvalue weighted by Gasteiger charge is -2.29. The quantitative estimate of drug-likeness (QED) is 0.144.